The highest BCUT2D eigenvalue weighted by Crippen LogP contribution is 2.37. The fourth-order valence-electron chi connectivity index (χ4n) is 1.83. The van der Waals surface area contributed by atoms with Crippen molar-refractivity contribution in [3.05, 3.63) is 66.0 Å². The summed E-state index contributed by atoms with van der Waals surface area (Å²) in [5, 5.41) is 11.7. The van der Waals surface area contributed by atoms with Gasteiger partial charge in [0.05, 0.1) is 0 Å². The summed E-state index contributed by atoms with van der Waals surface area (Å²) < 4.78 is 13.2. The Balaban J connectivity index is 2.23. The second-order valence-electron chi connectivity index (χ2n) is 4.27. The lowest BCUT2D eigenvalue weighted by atomic mass is 10.1. The van der Waals surface area contributed by atoms with Gasteiger partial charge in [0.15, 0.2) is 0 Å². The summed E-state index contributed by atoms with van der Waals surface area (Å²) in [4.78, 5) is 0.810. The van der Waals surface area contributed by atoms with Crippen LogP contribution in [0.5, 0.6) is 0 Å². The normalized spacial score (nSPS) is 13.2. The molecule has 2 aromatic rings. The van der Waals surface area contributed by atoms with Crippen LogP contribution in [0.25, 0.3) is 0 Å². The highest BCUT2D eigenvalue weighted by molar-refractivity contribution is 7.99. The van der Waals surface area contributed by atoms with E-state index in [0.717, 1.165) is 10.5 Å². The number of amidine groups is 1. The van der Waals surface area contributed by atoms with Crippen LogP contribution < -0.4 is 5.73 Å². The van der Waals surface area contributed by atoms with Crippen LogP contribution in [0.15, 0.2) is 64.6 Å². The first kappa shape index (κ1) is 14.4. The van der Waals surface area contributed by atoms with Gasteiger partial charge in [0.25, 0.3) is 0 Å². The fraction of sp³-hybridized carbons (Fsp3) is 0.133. The molecule has 2 rings (SSSR count). The minimum atomic E-state index is -0.273. The van der Waals surface area contributed by atoms with E-state index in [1.54, 1.807) is 6.07 Å². The Labute approximate surface area is 121 Å². The highest BCUT2D eigenvalue weighted by Gasteiger charge is 2.15. The van der Waals surface area contributed by atoms with Crippen molar-refractivity contribution < 1.29 is 9.60 Å². The summed E-state index contributed by atoms with van der Waals surface area (Å²) >= 11 is 1.49. The monoisotopic (exact) mass is 290 g/mol. The van der Waals surface area contributed by atoms with E-state index in [0.29, 0.717) is 6.42 Å². The Morgan fingerprint density at radius 1 is 1.20 bits per heavy atom. The lowest BCUT2D eigenvalue weighted by Gasteiger charge is -2.16. The van der Waals surface area contributed by atoms with E-state index in [-0.39, 0.29) is 16.9 Å². The predicted molar refractivity (Wildman–Crippen MR) is 79.5 cm³/mol. The molecule has 0 bridgehead atoms. The molecule has 0 aromatic heterocycles. The first-order valence-corrected chi connectivity index (χ1v) is 7.00. The fourth-order valence-corrected chi connectivity index (χ4v) is 3.04. The quantitative estimate of drug-likeness (QED) is 0.289. The second-order valence-corrected chi connectivity index (χ2v) is 5.55. The van der Waals surface area contributed by atoms with E-state index in [9.17, 15) is 4.39 Å². The largest absolute Gasteiger partial charge is 0.409 e. The minimum absolute atomic E-state index is 0.0334. The van der Waals surface area contributed by atoms with Crippen molar-refractivity contribution in [2.24, 2.45) is 10.9 Å². The van der Waals surface area contributed by atoms with Crippen LogP contribution in [-0.2, 0) is 0 Å². The molecule has 2 aromatic carbocycles. The van der Waals surface area contributed by atoms with Crippen molar-refractivity contribution in [1.82, 2.24) is 0 Å². The maximum absolute atomic E-state index is 13.2. The molecule has 0 saturated carbocycles. The minimum Gasteiger partial charge on any atom is -0.409 e. The highest BCUT2D eigenvalue weighted by atomic mass is 32.2. The summed E-state index contributed by atoms with van der Waals surface area (Å²) in [6.45, 7) is 0. The van der Waals surface area contributed by atoms with Crippen LogP contribution >= 0.6 is 11.8 Å². The Bertz CT molecular complexity index is 589. The molecular weight excluding hydrogens is 275 g/mol. The Hall–Kier alpha value is -2.01. The molecule has 1 atom stereocenters. The number of rotatable bonds is 5. The number of nitrogens with two attached hydrogens (primary N) is 1. The van der Waals surface area contributed by atoms with Crippen molar-refractivity contribution in [2.45, 2.75) is 16.6 Å². The summed E-state index contributed by atoms with van der Waals surface area (Å²) in [7, 11) is 0. The standard InChI is InChI=1S/C15H15FN2OS/c16-12-7-4-8-13(9-12)20-14(10-15(17)18-19)11-5-2-1-3-6-11/h1-9,14,19H,10H2,(H2,17,18). The van der Waals surface area contributed by atoms with Gasteiger partial charge >= 0.3 is 0 Å². The first-order valence-electron chi connectivity index (χ1n) is 6.12. The maximum Gasteiger partial charge on any atom is 0.140 e. The van der Waals surface area contributed by atoms with Crippen LogP contribution in [0.2, 0.25) is 0 Å². The molecular formula is C15H15FN2OS. The summed E-state index contributed by atoms with van der Waals surface area (Å²) in [6, 6.07) is 16.1. The molecule has 0 aliphatic rings. The Kier molecular flexibility index (Phi) is 5.01. The van der Waals surface area contributed by atoms with Crippen LogP contribution in [-0.4, -0.2) is 11.0 Å². The van der Waals surface area contributed by atoms with Gasteiger partial charge in [-0.2, -0.15) is 0 Å². The van der Waals surface area contributed by atoms with E-state index in [4.69, 9.17) is 10.9 Å². The van der Waals surface area contributed by atoms with Crippen molar-refractivity contribution in [1.29, 1.82) is 0 Å². The number of oxime groups is 1. The summed E-state index contributed by atoms with van der Waals surface area (Å²) in [6.07, 6.45) is 0.391. The van der Waals surface area contributed by atoms with Crippen molar-refractivity contribution in [2.75, 3.05) is 0 Å². The molecule has 3 N–H and O–H groups in total. The van der Waals surface area contributed by atoms with Crippen LogP contribution in [0.3, 0.4) is 0 Å². The van der Waals surface area contributed by atoms with Gasteiger partial charge < -0.3 is 10.9 Å². The number of halogens is 1. The Morgan fingerprint density at radius 2 is 1.95 bits per heavy atom. The second kappa shape index (κ2) is 6.96. The van der Waals surface area contributed by atoms with Gasteiger partial charge in [0, 0.05) is 16.6 Å². The number of benzene rings is 2. The molecule has 0 fully saturated rings. The average Bonchev–Trinajstić information content (AvgIpc) is 2.47. The molecule has 0 aliphatic heterocycles. The van der Waals surface area contributed by atoms with E-state index >= 15 is 0 Å². The number of hydrogen-bond acceptors (Lipinski definition) is 3. The van der Waals surface area contributed by atoms with Crippen molar-refractivity contribution in [3.63, 3.8) is 0 Å². The topological polar surface area (TPSA) is 58.6 Å². The average molecular weight is 290 g/mol. The van der Waals surface area contributed by atoms with Gasteiger partial charge in [-0.1, -0.05) is 41.6 Å². The van der Waals surface area contributed by atoms with E-state index < -0.39 is 0 Å². The smallest absolute Gasteiger partial charge is 0.140 e. The lowest BCUT2D eigenvalue weighted by Crippen LogP contribution is -2.14. The molecule has 1 unspecified atom stereocenters. The zero-order valence-electron chi connectivity index (χ0n) is 10.7. The molecule has 5 heteroatoms. The predicted octanol–water partition coefficient (Wildman–Crippen LogP) is 3.80. The molecule has 0 spiro atoms. The number of nitrogens with zero attached hydrogens (tertiary/aromatic N) is 1. The lowest BCUT2D eigenvalue weighted by molar-refractivity contribution is 0.317. The Morgan fingerprint density at radius 3 is 2.60 bits per heavy atom. The van der Waals surface area contributed by atoms with Crippen molar-refractivity contribution >= 4 is 17.6 Å². The summed E-state index contributed by atoms with van der Waals surface area (Å²) in [5.41, 5.74) is 6.66. The molecule has 0 heterocycles. The van der Waals surface area contributed by atoms with E-state index in [2.05, 4.69) is 5.16 Å². The molecule has 104 valence electrons. The van der Waals surface area contributed by atoms with E-state index in [1.807, 2.05) is 36.4 Å². The number of hydrogen-bond donors (Lipinski definition) is 2. The van der Waals surface area contributed by atoms with Gasteiger partial charge in [-0.25, -0.2) is 4.39 Å². The van der Waals surface area contributed by atoms with E-state index in [1.165, 1.54) is 23.9 Å². The molecule has 0 radical (unpaired) electrons. The van der Waals surface area contributed by atoms with Crippen LogP contribution in [0, 0.1) is 5.82 Å². The molecule has 3 nitrogen and oxygen atoms in total. The molecule has 0 saturated heterocycles. The van der Waals surface area contributed by atoms with Crippen LogP contribution in [0.4, 0.5) is 4.39 Å². The molecule has 0 aliphatic carbocycles. The zero-order chi connectivity index (χ0) is 14.4. The third-order valence-electron chi connectivity index (χ3n) is 2.77. The van der Waals surface area contributed by atoms with Gasteiger partial charge in [0.2, 0.25) is 0 Å². The van der Waals surface area contributed by atoms with Gasteiger partial charge in [0.1, 0.15) is 11.7 Å². The van der Waals surface area contributed by atoms with Gasteiger partial charge in [-0.05, 0) is 23.8 Å². The third kappa shape index (κ3) is 3.99. The zero-order valence-corrected chi connectivity index (χ0v) is 11.6. The SMILES string of the molecule is N/C(CC(Sc1cccc(F)c1)c1ccccc1)=N/O. The molecule has 0 amide bonds. The van der Waals surface area contributed by atoms with Gasteiger partial charge in [-0.15, -0.1) is 11.8 Å². The molecule has 20 heavy (non-hydrogen) atoms. The first-order chi connectivity index (χ1) is 9.69. The van der Waals surface area contributed by atoms with Crippen LogP contribution in [0.1, 0.15) is 17.2 Å². The van der Waals surface area contributed by atoms with Gasteiger partial charge in [-0.3, -0.25) is 0 Å². The summed E-state index contributed by atoms with van der Waals surface area (Å²) in [5.74, 6) is -0.117. The number of thioether (sulfide) groups is 1. The van der Waals surface area contributed by atoms with Crippen molar-refractivity contribution in [3.8, 4) is 0 Å². The maximum atomic E-state index is 13.2. The third-order valence-corrected chi connectivity index (χ3v) is 4.02.